The highest BCUT2D eigenvalue weighted by Crippen LogP contribution is 2.13. The van der Waals surface area contributed by atoms with E-state index in [9.17, 15) is 4.79 Å². The summed E-state index contributed by atoms with van der Waals surface area (Å²) in [7, 11) is 0. The van der Waals surface area contributed by atoms with Gasteiger partial charge in [-0.2, -0.15) is 0 Å². The van der Waals surface area contributed by atoms with Gasteiger partial charge in [-0.1, -0.05) is 12.1 Å². The smallest absolute Gasteiger partial charge is 0.303 e. The number of hydrogen-bond acceptors (Lipinski definition) is 3. The first-order chi connectivity index (χ1) is 8.61. The van der Waals surface area contributed by atoms with Crippen LogP contribution in [0.4, 0.5) is 0 Å². The quantitative estimate of drug-likeness (QED) is 0.726. The van der Waals surface area contributed by atoms with E-state index in [0.29, 0.717) is 13.0 Å². The lowest BCUT2D eigenvalue weighted by Crippen LogP contribution is -1.98. The van der Waals surface area contributed by atoms with Crippen molar-refractivity contribution in [1.82, 2.24) is 0 Å². The third-order valence-electron chi connectivity index (χ3n) is 2.48. The molecule has 4 nitrogen and oxygen atoms in total. The van der Waals surface area contributed by atoms with Crippen LogP contribution in [0.15, 0.2) is 35.9 Å². The number of ether oxygens (including phenoxy) is 1. The van der Waals surface area contributed by atoms with E-state index >= 15 is 0 Å². The molecule has 98 valence electrons. The van der Waals surface area contributed by atoms with Gasteiger partial charge in [0, 0.05) is 6.42 Å². The van der Waals surface area contributed by atoms with Crippen molar-refractivity contribution < 1.29 is 19.7 Å². The number of aliphatic carboxylic acids is 1. The number of aliphatic hydroxyl groups is 1. The molecule has 2 N–H and O–H groups in total. The van der Waals surface area contributed by atoms with Crippen molar-refractivity contribution in [3.8, 4) is 5.75 Å². The van der Waals surface area contributed by atoms with Gasteiger partial charge in [-0.15, -0.1) is 0 Å². The molecular weight excluding hydrogens is 232 g/mol. The highest BCUT2D eigenvalue weighted by molar-refractivity contribution is 5.67. The van der Waals surface area contributed by atoms with Crippen LogP contribution in [0.2, 0.25) is 0 Å². The minimum Gasteiger partial charge on any atom is -0.490 e. The topological polar surface area (TPSA) is 66.8 Å². The zero-order valence-electron chi connectivity index (χ0n) is 10.4. The van der Waals surface area contributed by atoms with E-state index in [0.717, 1.165) is 16.9 Å². The lowest BCUT2D eigenvalue weighted by Gasteiger charge is -2.05. The van der Waals surface area contributed by atoms with E-state index in [4.69, 9.17) is 14.9 Å². The van der Waals surface area contributed by atoms with Crippen molar-refractivity contribution in [1.29, 1.82) is 0 Å². The van der Waals surface area contributed by atoms with Crippen molar-refractivity contribution in [2.24, 2.45) is 0 Å². The summed E-state index contributed by atoms with van der Waals surface area (Å²) in [5.41, 5.74) is 1.85. The van der Waals surface area contributed by atoms with Gasteiger partial charge < -0.3 is 14.9 Å². The molecule has 0 unspecified atom stereocenters. The standard InChI is InChI=1S/C14H18O4/c1-11(10-15)8-9-18-13-5-2-12(3-6-13)4-7-14(16)17/h2-3,5-6,8,15H,4,7,9-10H2,1H3,(H,16,17)/b11-8-. The Labute approximate surface area is 107 Å². The second kappa shape index (κ2) is 7.50. The zero-order chi connectivity index (χ0) is 13.4. The van der Waals surface area contributed by atoms with E-state index < -0.39 is 5.97 Å². The molecule has 4 heteroatoms. The highest BCUT2D eigenvalue weighted by Gasteiger charge is 1.99. The first-order valence-corrected chi connectivity index (χ1v) is 5.82. The molecule has 0 amide bonds. The first kappa shape index (κ1) is 14.3. The number of carboxylic acids is 1. The van der Waals surface area contributed by atoms with Crippen molar-refractivity contribution in [3.63, 3.8) is 0 Å². The highest BCUT2D eigenvalue weighted by atomic mass is 16.5. The summed E-state index contributed by atoms with van der Waals surface area (Å²) >= 11 is 0. The number of carboxylic acid groups (broad SMARTS) is 1. The average Bonchev–Trinajstić information content (AvgIpc) is 2.37. The Kier molecular flexibility index (Phi) is 5.94. The minimum absolute atomic E-state index is 0.0392. The lowest BCUT2D eigenvalue weighted by atomic mass is 10.1. The zero-order valence-corrected chi connectivity index (χ0v) is 10.4. The number of rotatable bonds is 7. The molecule has 1 aromatic rings. The molecule has 0 aromatic heterocycles. The molecule has 0 atom stereocenters. The molecule has 0 saturated heterocycles. The molecule has 0 radical (unpaired) electrons. The molecule has 0 aliphatic rings. The van der Waals surface area contributed by atoms with Gasteiger partial charge in [0.15, 0.2) is 0 Å². The van der Waals surface area contributed by atoms with Crippen molar-refractivity contribution in [2.75, 3.05) is 13.2 Å². The molecule has 0 spiro atoms. The van der Waals surface area contributed by atoms with Gasteiger partial charge in [-0.25, -0.2) is 0 Å². The maximum absolute atomic E-state index is 10.4. The number of aryl methyl sites for hydroxylation is 1. The first-order valence-electron chi connectivity index (χ1n) is 5.82. The summed E-state index contributed by atoms with van der Waals surface area (Å²) in [6, 6.07) is 7.36. The summed E-state index contributed by atoms with van der Waals surface area (Å²) in [6.45, 7) is 2.29. The van der Waals surface area contributed by atoms with E-state index in [1.54, 1.807) is 0 Å². The third kappa shape index (κ3) is 5.50. The monoisotopic (exact) mass is 250 g/mol. The summed E-state index contributed by atoms with van der Waals surface area (Å²) in [5.74, 6) is -0.0593. The molecule has 18 heavy (non-hydrogen) atoms. The maximum Gasteiger partial charge on any atom is 0.303 e. The largest absolute Gasteiger partial charge is 0.490 e. The van der Waals surface area contributed by atoms with Gasteiger partial charge in [0.2, 0.25) is 0 Å². The molecule has 0 aliphatic heterocycles. The maximum atomic E-state index is 10.4. The molecule has 0 heterocycles. The predicted octanol–water partition coefficient (Wildman–Crippen LogP) is 2.02. The van der Waals surface area contributed by atoms with Crippen LogP contribution in [0, 0.1) is 0 Å². The fourth-order valence-electron chi connectivity index (χ4n) is 1.35. The average molecular weight is 250 g/mol. The molecule has 1 aromatic carbocycles. The van der Waals surface area contributed by atoms with Crippen LogP contribution in [-0.4, -0.2) is 29.4 Å². The minimum atomic E-state index is -0.792. The van der Waals surface area contributed by atoms with Crippen LogP contribution in [0.25, 0.3) is 0 Å². The second-order valence-electron chi connectivity index (χ2n) is 4.06. The summed E-state index contributed by atoms with van der Waals surface area (Å²) < 4.78 is 5.46. The number of aliphatic hydroxyl groups excluding tert-OH is 1. The molecule has 0 saturated carbocycles. The van der Waals surface area contributed by atoms with E-state index in [2.05, 4.69) is 0 Å². The van der Waals surface area contributed by atoms with Gasteiger partial charge in [0.05, 0.1) is 6.61 Å². The third-order valence-corrected chi connectivity index (χ3v) is 2.48. The van der Waals surface area contributed by atoms with Gasteiger partial charge in [-0.05, 0) is 42.7 Å². The molecule has 0 bridgehead atoms. The normalized spacial score (nSPS) is 11.3. The van der Waals surface area contributed by atoms with E-state index in [-0.39, 0.29) is 13.0 Å². The summed E-state index contributed by atoms with van der Waals surface area (Å²) in [6.07, 6.45) is 2.48. The Morgan fingerprint density at radius 2 is 2.00 bits per heavy atom. The fourth-order valence-corrected chi connectivity index (χ4v) is 1.35. The lowest BCUT2D eigenvalue weighted by molar-refractivity contribution is -0.136. The Morgan fingerprint density at radius 3 is 2.56 bits per heavy atom. The molecule has 1 rings (SSSR count). The predicted molar refractivity (Wildman–Crippen MR) is 68.7 cm³/mol. The van der Waals surface area contributed by atoms with Crippen molar-refractivity contribution in [2.45, 2.75) is 19.8 Å². The van der Waals surface area contributed by atoms with Crippen LogP contribution >= 0.6 is 0 Å². The number of carbonyl (C=O) groups is 1. The molecule has 0 fully saturated rings. The van der Waals surface area contributed by atoms with Gasteiger partial charge in [0.1, 0.15) is 12.4 Å². The van der Waals surface area contributed by atoms with Gasteiger partial charge in [0.25, 0.3) is 0 Å². The van der Waals surface area contributed by atoms with Gasteiger partial charge in [-0.3, -0.25) is 4.79 Å². The van der Waals surface area contributed by atoms with Crippen molar-refractivity contribution in [3.05, 3.63) is 41.5 Å². The number of benzene rings is 1. The Bertz CT molecular complexity index is 406. The van der Waals surface area contributed by atoms with Crippen LogP contribution < -0.4 is 4.74 Å². The van der Waals surface area contributed by atoms with E-state index in [1.807, 2.05) is 37.3 Å². The summed E-state index contributed by atoms with van der Waals surface area (Å²) in [5, 5.41) is 17.4. The summed E-state index contributed by atoms with van der Waals surface area (Å²) in [4.78, 5) is 10.4. The van der Waals surface area contributed by atoms with Gasteiger partial charge >= 0.3 is 5.97 Å². The fraction of sp³-hybridized carbons (Fsp3) is 0.357. The van der Waals surface area contributed by atoms with Crippen LogP contribution in [0.1, 0.15) is 18.9 Å². The van der Waals surface area contributed by atoms with E-state index in [1.165, 1.54) is 0 Å². The van der Waals surface area contributed by atoms with Crippen LogP contribution in [0.3, 0.4) is 0 Å². The van der Waals surface area contributed by atoms with Crippen LogP contribution in [0.5, 0.6) is 5.75 Å². The Hall–Kier alpha value is -1.81. The second-order valence-corrected chi connectivity index (χ2v) is 4.06. The van der Waals surface area contributed by atoms with Crippen molar-refractivity contribution >= 4 is 5.97 Å². The Balaban J connectivity index is 2.43. The Morgan fingerprint density at radius 1 is 1.33 bits per heavy atom. The SMILES string of the molecule is C/C(=C/COc1ccc(CCC(=O)O)cc1)CO. The van der Waals surface area contributed by atoms with Crippen LogP contribution in [-0.2, 0) is 11.2 Å². The molecular formula is C14H18O4. The number of hydrogen-bond donors (Lipinski definition) is 2. The molecule has 0 aliphatic carbocycles.